The number of anilines is 1. The molecule has 0 aliphatic carbocycles. The maximum Gasteiger partial charge on any atom is 0.323 e. The third-order valence-corrected chi connectivity index (χ3v) is 3.74. The fourth-order valence-corrected chi connectivity index (χ4v) is 2.86. The van der Waals surface area contributed by atoms with Crippen LogP contribution >= 0.6 is 0 Å². The Bertz CT molecular complexity index is 640. The molecule has 2 heterocycles. The first-order valence-electron chi connectivity index (χ1n) is 6.75. The molecule has 0 spiro atoms. The van der Waals surface area contributed by atoms with Gasteiger partial charge in [0.25, 0.3) is 0 Å². The number of rotatable bonds is 2. The maximum absolute atomic E-state index is 11.2. The number of hydrogen-bond acceptors (Lipinski definition) is 3. The van der Waals surface area contributed by atoms with Crippen molar-refractivity contribution in [2.75, 3.05) is 11.9 Å². The van der Waals surface area contributed by atoms with Gasteiger partial charge in [0.2, 0.25) is 0 Å². The van der Waals surface area contributed by atoms with Crippen LogP contribution in [0.4, 0.5) is 5.69 Å². The predicted molar refractivity (Wildman–Crippen MR) is 77.6 cm³/mol. The molecule has 102 valence electrons. The molecule has 1 atom stereocenters. The fourth-order valence-electron chi connectivity index (χ4n) is 2.86. The summed E-state index contributed by atoms with van der Waals surface area (Å²) in [6.45, 7) is 5.50. The van der Waals surface area contributed by atoms with E-state index in [0.29, 0.717) is 6.04 Å². The van der Waals surface area contributed by atoms with Gasteiger partial charge >= 0.3 is 5.69 Å². The average molecular weight is 260 g/mol. The largest absolute Gasteiger partial charge is 0.382 e. The smallest absolute Gasteiger partial charge is 0.323 e. The van der Waals surface area contributed by atoms with Crippen molar-refractivity contribution in [3.05, 3.63) is 28.7 Å². The van der Waals surface area contributed by atoms with Crippen molar-refractivity contribution in [2.24, 2.45) is 0 Å². The minimum absolute atomic E-state index is 0.157. The van der Waals surface area contributed by atoms with E-state index in [1.54, 1.807) is 0 Å². The molecule has 4 N–H and O–H groups in total. The van der Waals surface area contributed by atoms with Crippen LogP contribution in [0.3, 0.4) is 0 Å². The Morgan fingerprint density at radius 2 is 2.05 bits per heavy atom. The Kier molecular flexibility index (Phi) is 2.86. The lowest BCUT2D eigenvalue weighted by Gasteiger charge is -2.37. The number of aromatic amines is 2. The van der Waals surface area contributed by atoms with Gasteiger partial charge in [0, 0.05) is 17.3 Å². The third kappa shape index (κ3) is 2.66. The van der Waals surface area contributed by atoms with Gasteiger partial charge in [-0.15, -0.1) is 0 Å². The lowest BCUT2D eigenvalue weighted by molar-refractivity contribution is 0.286. The molecule has 0 radical (unpaired) electrons. The van der Waals surface area contributed by atoms with Crippen molar-refractivity contribution in [3.8, 4) is 0 Å². The van der Waals surface area contributed by atoms with Gasteiger partial charge in [-0.1, -0.05) is 0 Å². The minimum Gasteiger partial charge on any atom is -0.382 e. The zero-order chi connectivity index (χ0) is 13.5. The highest BCUT2D eigenvalue weighted by Crippen LogP contribution is 2.23. The number of fused-ring (bicyclic) bond motifs is 1. The summed E-state index contributed by atoms with van der Waals surface area (Å²) >= 11 is 0. The molecule has 1 aliphatic rings. The molecule has 1 aliphatic heterocycles. The van der Waals surface area contributed by atoms with Gasteiger partial charge in [-0.3, -0.25) is 0 Å². The minimum atomic E-state index is -0.157. The van der Waals surface area contributed by atoms with E-state index in [9.17, 15) is 4.79 Å². The van der Waals surface area contributed by atoms with Crippen LogP contribution in [-0.2, 0) is 0 Å². The van der Waals surface area contributed by atoms with E-state index in [2.05, 4.69) is 34.4 Å². The molecule has 0 saturated carbocycles. The van der Waals surface area contributed by atoms with E-state index in [1.165, 1.54) is 0 Å². The van der Waals surface area contributed by atoms with Crippen LogP contribution < -0.4 is 16.3 Å². The van der Waals surface area contributed by atoms with Crippen LogP contribution in [0.1, 0.15) is 26.7 Å². The predicted octanol–water partition coefficient (Wildman–Crippen LogP) is 1.80. The average Bonchev–Trinajstić information content (AvgIpc) is 2.67. The second kappa shape index (κ2) is 4.42. The molecule has 5 nitrogen and oxygen atoms in total. The highest BCUT2D eigenvalue weighted by Gasteiger charge is 2.27. The van der Waals surface area contributed by atoms with E-state index >= 15 is 0 Å². The maximum atomic E-state index is 11.2. The lowest BCUT2D eigenvalue weighted by atomic mass is 9.89. The van der Waals surface area contributed by atoms with E-state index in [4.69, 9.17) is 0 Å². The van der Waals surface area contributed by atoms with Gasteiger partial charge in [0.15, 0.2) is 0 Å². The van der Waals surface area contributed by atoms with E-state index < -0.39 is 0 Å². The van der Waals surface area contributed by atoms with Crippen LogP contribution in [0, 0.1) is 0 Å². The lowest BCUT2D eigenvalue weighted by Crippen LogP contribution is -2.49. The summed E-state index contributed by atoms with van der Waals surface area (Å²) in [7, 11) is 0. The number of imidazole rings is 1. The fraction of sp³-hybridized carbons (Fsp3) is 0.500. The first-order chi connectivity index (χ1) is 9.02. The van der Waals surface area contributed by atoms with Crippen LogP contribution in [0.25, 0.3) is 11.0 Å². The summed E-state index contributed by atoms with van der Waals surface area (Å²) in [5.74, 6) is 0. The monoisotopic (exact) mass is 260 g/mol. The van der Waals surface area contributed by atoms with Crippen molar-refractivity contribution in [3.63, 3.8) is 0 Å². The van der Waals surface area contributed by atoms with Crippen molar-refractivity contribution >= 4 is 16.7 Å². The van der Waals surface area contributed by atoms with Gasteiger partial charge in [0.05, 0.1) is 11.0 Å². The molecule has 5 heteroatoms. The van der Waals surface area contributed by atoms with Gasteiger partial charge in [-0.05, 0) is 51.4 Å². The molecular weight excluding hydrogens is 240 g/mol. The number of aromatic nitrogens is 2. The molecule has 3 rings (SSSR count). The number of nitrogens with one attached hydrogen (secondary N) is 4. The zero-order valence-corrected chi connectivity index (χ0v) is 11.3. The van der Waals surface area contributed by atoms with Crippen LogP contribution in [0.2, 0.25) is 0 Å². The summed E-state index contributed by atoms with van der Waals surface area (Å²) in [6, 6.07) is 6.41. The van der Waals surface area contributed by atoms with Crippen molar-refractivity contribution < 1.29 is 0 Å². The SMILES string of the molecule is CC1(C)CC(Nc2ccc3[nH]c(=O)[nH]c3c2)CCN1. The molecule has 19 heavy (non-hydrogen) atoms. The number of hydrogen-bond donors (Lipinski definition) is 4. The zero-order valence-electron chi connectivity index (χ0n) is 11.3. The Labute approximate surface area is 111 Å². The first kappa shape index (κ1) is 12.3. The van der Waals surface area contributed by atoms with Gasteiger partial charge in [-0.25, -0.2) is 4.79 Å². The van der Waals surface area contributed by atoms with Crippen LogP contribution in [0.5, 0.6) is 0 Å². The number of benzene rings is 1. The van der Waals surface area contributed by atoms with Crippen LogP contribution in [-0.4, -0.2) is 28.1 Å². The second-order valence-electron chi connectivity index (χ2n) is 5.98. The Balaban J connectivity index is 1.79. The summed E-state index contributed by atoms with van der Waals surface area (Å²) in [4.78, 5) is 16.8. The van der Waals surface area contributed by atoms with Gasteiger partial charge < -0.3 is 20.6 Å². The highest BCUT2D eigenvalue weighted by atomic mass is 16.1. The summed E-state index contributed by atoms with van der Waals surface area (Å²) in [5, 5.41) is 7.08. The number of H-pyrrole nitrogens is 2. The Morgan fingerprint density at radius 3 is 2.84 bits per heavy atom. The van der Waals surface area contributed by atoms with Crippen LogP contribution in [0.15, 0.2) is 23.0 Å². The van der Waals surface area contributed by atoms with Crippen molar-refractivity contribution in [2.45, 2.75) is 38.3 Å². The molecule has 1 fully saturated rings. The standard InChI is InChI=1S/C14H20N4O/c1-14(2)8-10(5-6-15-14)16-9-3-4-11-12(7-9)18-13(19)17-11/h3-4,7,10,15-16H,5-6,8H2,1-2H3,(H2,17,18,19). The summed E-state index contributed by atoms with van der Waals surface area (Å²) in [6.07, 6.45) is 2.21. The molecular formula is C14H20N4O. The molecule has 2 aromatic rings. The van der Waals surface area contributed by atoms with E-state index in [0.717, 1.165) is 36.1 Å². The van der Waals surface area contributed by atoms with Gasteiger partial charge in [-0.2, -0.15) is 0 Å². The normalized spacial score (nSPS) is 22.5. The number of piperidine rings is 1. The molecule has 1 unspecified atom stereocenters. The summed E-state index contributed by atoms with van der Waals surface area (Å²) < 4.78 is 0. The summed E-state index contributed by atoms with van der Waals surface area (Å²) in [5.41, 5.74) is 2.78. The molecule has 1 aromatic heterocycles. The first-order valence-corrected chi connectivity index (χ1v) is 6.75. The van der Waals surface area contributed by atoms with Gasteiger partial charge in [0.1, 0.15) is 0 Å². The van der Waals surface area contributed by atoms with E-state index in [-0.39, 0.29) is 11.2 Å². The molecule has 0 bridgehead atoms. The molecule has 0 amide bonds. The quantitative estimate of drug-likeness (QED) is 0.665. The molecule has 1 saturated heterocycles. The van der Waals surface area contributed by atoms with Crippen molar-refractivity contribution in [1.82, 2.24) is 15.3 Å². The topological polar surface area (TPSA) is 72.7 Å². The Hall–Kier alpha value is -1.75. The molecule has 1 aromatic carbocycles. The highest BCUT2D eigenvalue weighted by molar-refractivity contribution is 5.78. The Morgan fingerprint density at radius 1 is 1.26 bits per heavy atom. The second-order valence-corrected chi connectivity index (χ2v) is 5.98. The van der Waals surface area contributed by atoms with E-state index in [1.807, 2.05) is 18.2 Å². The van der Waals surface area contributed by atoms with Crippen molar-refractivity contribution in [1.29, 1.82) is 0 Å². The third-order valence-electron chi connectivity index (χ3n) is 3.74.